The SMILES string of the molecule is CCCn1nnnc1CN1C[C@H](C)OC[C@H]1C. The molecular weight excluding hydrogens is 218 g/mol. The second-order valence-electron chi connectivity index (χ2n) is 4.74. The first kappa shape index (κ1) is 12.4. The number of aromatic nitrogens is 4. The van der Waals surface area contributed by atoms with Crippen LogP contribution in [0.15, 0.2) is 0 Å². The Morgan fingerprint density at radius 2 is 2.24 bits per heavy atom. The van der Waals surface area contributed by atoms with E-state index in [1.54, 1.807) is 0 Å². The minimum atomic E-state index is 0.293. The maximum Gasteiger partial charge on any atom is 0.165 e. The van der Waals surface area contributed by atoms with Gasteiger partial charge in [-0.05, 0) is 30.7 Å². The lowest BCUT2D eigenvalue weighted by atomic mass is 10.2. The van der Waals surface area contributed by atoms with Crippen molar-refractivity contribution in [2.24, 2.45) is 0 Å². The zero-order valence-electron chi connectivity index (χ0n) is 10.8. The summed E-state index contributed by atoms with van der Waals surface area (Å²) in [5.41, 5.74) is 0. The first-order chi connectivity index (χ1) is 8.20. The minimum Gasteiger partial charge on any atom is -0.376 e. The van der Waals surface area contributed by atoms with Crippen LogP contribution in [0.3, 0.4) is 0 Å². The van der Waals surface area contributed by atoms with Crippen LogP contribution in [0.5, 0.6) is 0 Å². The third-order valence-corrected chi connectivity index (χ3v) is 3.12. The molecule has 0 unspecified atom stereocenters. The van der Waals surface area contributed by atoms with Gasteiger partial charge in [0.1, 0.15) is 0 Å². The zero-order valence-corrected chi connectivity index (χ0v) is 10.8. The van der Waals surface area contributed by atoms with Gasteiger partial charge >= 0.3 is 0 Å². The van der Waals surface area contributed by atoms with Gasteiger partial charge < -0.3 is 4.74 Å². The summed E-state index contributed by atoms with van der Waals surface area (Å²) in [6.45, 7) is 9.84. The van der Waals surface area contributed by atoms with Crippen LogP contribution < -0.4 is 0 Å². The van der Waals surface area contributed by atoms with Crippen molar-refractivity contribution in [1.29, 1.82) is 0 Å². The second-order valence-corrected chi connectivity index (χ2v) is 4.74. The quantitative estimate of drug-likeness (QED) is 0.774. The smallest absolute Gasteiger partial charge is 0.165 e. The Morgan fingerprint density at radius 1 is 1.41 bits per heavy atom. The fraction of sp³-hybridized carbons (Fsp3) is 0.909. The van der Waals surface area contributed by atoms with E-state index in [1.165, 1.54) is 0 Å². The average Bonchev–Trinajstić information content (AvgIpc) is 2.72. The lowest BCUT2D eigenvalue weighted by Crippen LogP contribution is -2.47. The van der Waals surface area contributed by atoms with E-state index in [9.17, 15) is 0 Å². The maximum absolute atomic E-state index is 5.62. The van der Waals surface area contributed by atoms with Crippen LogP contribution >= 0.6 is 0 Å². The van der Waals surface area contributed by atoms with Gasteiger partial charge in [0, 0.05) is 19.1 Å². The summed E-state index contributed by atoms with van der Waals surface area (Å²) in [7, 11) is 0. The Hall–Kier alpha value is -1.01. The number of hydrogen-bond acceptors (Lipinski definition) is 5. The topological polar surface area (TPSA) is 56.1 Å². The van der Waals surface area contributed by atoms with Crippen molar-refractivity contribution in [1.82, 2.24) is 25.1 Å². The van der Waals surface area contributed by atoms with E-state index in [-0.39, 0.29) is 0 Å². The van der Waals surface area contributed by atoms with E-state index in [4.69, 9.17) is 4.74 Å². The molecule has 2 rings (SSSR count). The predicted octanol–water partition coefficient (Wildman–Crippen LogP) is 0.692. The molecule has 0 bridgehead atoms. The monoisotopic (exact) mass is 239 g/mol. The largest absolute Gasteiger partial charge is 0.376 e. The van der Waals surface area contributed by atoms with Crippen LogP contribution in [-0.2, 0) is 17.8 Å². The van der Waals surface area contributed by atoms with Crippen molar-refractivity contribution >= 4 is 0 Å². The summed E-state index contributed by atoms with van der Waals surface area (Å²) >= 11 is 0. The maximum atomic E-state index is 5.62. The summed E-state index contributed by atoms with van der Waals surface area (Å²) in [4.78, 5) is 2.38. The third-order valence-electron chi connectivity index (χ3n) is 3.12. The molecule has 2 heterocycles. The van der Waals surface area contributed by atoms with E-state index >= 15 is 0 Å². The summed E-state index contributed by atoms with van der Waals surface area (Å²) < 4.78 is 7.51. The van der Waals surface area contributed by atoms with Crippen LogP contribution in [0, 0.1) is 0 Å². The number of aryl methyl sites for hydroxylation is 1. The molecule has 96 valence electrons. The lowest BCUT2D eigenvalue weighted by Gasteiger charge is -2.36. The summed E-state index contributed by atoms with van der Waals surface area (Å²) in [5.74, 6) is 0.952. The molecular formula is C11H21N5O. The molecule has 0 amide bonds. The predicted molar refractivity (Wildman–Crippen MR) is 63.4 cm³/mol. The molecule has 1 aromatic rings. The molecule has 0 aliphatic carbocycles. The molecule has 1 saturated heterocycles. The molecule has 1 fully saturated rings. The molecule has 2 atom stereocenters. The highest BCUT2D eigenvalue weighted by Gasteiger charge is 2.24. The van der Waals surface area contributed by atoms with Gasteiger partial charge in [0.05, 0.1) is 19.3 Å². The van der Waals surface area contributed by atoms with Crippen molar-refractivity contribution in [2.45, 2.75) is 52.4 Å². The molecule has 17 heavy (non-hydrogen) atoms. The van der Waals surface area contributed by atoms with Crippen LogP contribution in [0.25, 0.3) is 0 Å². The van der Waals surface area contributed by atoms with E-state index < -0.39 is 0 Å². The van der Waals surface area contributed by atoms with Gasteiger partial charge in [-0.25, -0.2) is 4.68 Å². The highest BCUT2D eigenvalue weighted by molar-refractivity contribution is 4.85. The molecule has 0 spiro atoms. The Morgan fingerprint density at radius 3 is 3.00 bits per heavy atom. The first-order valence-corrected chi connectivity index (χ1v) is 6.31. The highest BCUT2D eigenvalue weighted by Crippen LogP contribution is 2.13. The lowest BCUT2D eigenvalue weighted by molar-refractivity contribution is -0.0539. The number of rotatable bonds is 4. The fourth-order valence-electron chi connectivity index (χ4n) is 2.10. The normalized spacial score (nSPS) is 26.3. The van der Waals surface area contributed by atoms with Crippen LogP contribution in [0.4, 0.5) is 0 Å². The first-order valence-electron chi connectivity index (χ1n) is 6.31. The Kier molecular flexibility index (Phi) is 4.06. The van der Waals surface area contributed by atoms with Gasteiger partial charge in [0.25, 0.3) is 0 Å². The molecule has 1 aliphatic rings. The molecule has 1 aliphatic heterocycles. The molecule has 6 heteroatoms. The third kappa shape index (κ3) is 3.01. The molecule has 6 nitrogen and oxygen atoms in total. The zero-order chi connectivity index (χ0) is 12.3. The number of hydrogen-bond donors (Lipinski definition) is 0. The Bertz CT molecular complexity index is 353. The van der Waals surface area contributed by atoms with Crippen LogP contribution in [0.1, 0.15) is 33.0 Å². The molecule has 0 N–H and O–H groups in total. The van der Waals surface area contributed by atoms with E-state index in [0.717, 1.165) is 38.5 Å². The Balaban J connectivity index is 2.01. The number of morpholine rings is 1. The van der Waals surface area contributed by atoms with Gasteiger partial charge in [0.2, 0.25) is 0 Å². The van der Waals surface area contributed by atoms with Crippen molar-refractivity contribution in [3.63, 3.8) is 0 Å². The molecule has 1 aromatic heterocycles. The summed E-state index contributed by atoms with van der Waals surface area (Å²) in [5, 5.41) is 11.9. The summed E-state index contributed by atoms with van der Waals surface area (Å²) in [6, 6.07) is 0.429. The van der Waals surface area contributed by atoms with Gasteiger partial charge in [-0.2, -0.15) is 0 Å². The van der Waals surface area contributed by atoms with Gasteiger partial charge in [0.15, 0.2) is 5.82 Å². The van der Waals surface area contributed by atoms with Gasteiger partial charge in [-0.1, -0.05) is 6.92 Å². The van der Waals surface area contributed by atoms with E-state index in [0.29, 0.717) is 12.1 Å². The molecule has 0 aromatic carbocycles. The average molecular weight is 239 g/mol. The summed E-state index contributed by atoms with van der Waals surface area (Å²) in [6.07, 6.45) is 1.34. The van der Waals surface area contributed by atoms with Gasteiger partial charge in [-0.15, -0.1) is 5.10 Å². The second kappa shape index (κ2) is 5.55. The van der Waals surface area contributed by atoms with Crippen molar-refractivity contribution < 1.29 is 4.74 Å². The number of ether oxygens (including phenoxy) is 1. The molecule has 0 radical (unpaired) electrons. The Labute approximate surface area is 102 Å². The van der Waals surface area contributed by atoms with Crippen LogP contribution in [-0.4, -0.2) is 50.4 Å². The fourth-order valence-corrected chi connectivity index (χ4v) is 2.10. The standard InChI is InChI=1S/C11H21N5O/c1-4-5-16-11(12-13-14-16)7-15-6-10(3)17-8-9(15)2/h9-10H,4-8H2,1-3H3/t9-,10+/m1/s1. The van der Waals surface area contributed by atoms with E-state index in [1.807, 2.05) is 4.68 Å². The molecule has 0 saturated carbocycles. The van der Waals surface area contributed by atoms with Crippen LogP contribution in [0.2, 0.25) is 0 Å². The van der Waals surface area contributed by atoms with E-state index in [2.05, 4.69) is 41.2 Å². The number of tetrazole rings is 1. The van der Waals surface area contributed by atoms with Crippen molar-refractivity contribution in [3.05, 3.63) is 5.82 Å². The highest BCUT2D eigenvalue weighted by atomic mass is 16.5. The van der Waals surface area contributed by atoms with Gasteiger partial charge in [-0.3, -0.25) is 4.90 Å². The number of nitrogens with zero attached hydrogens (tertiary/aromatic N) is 5. The minimum absolute atomic E-state index is 0.293. The van der Waals surface area contributed by atoms with Crippen molar-refractivity contribution in [2.75, 3.05) is 13.2 Å². The van der Waals surface area contributed by atoms with Crippen molar-refractivity contribution in [3.8, 4) is 0 Å².